The fraction of sp³-hybridized carbons (Fsp3) is 0.421. The van der Waals surface area contributed by atoms with E-state index < -0.39 is 0 Å². The summed E-state index contributed by atoms with van der Waals surface area (Å²) in [6.45, 7) is 3.82. The van der Waals surface area contributed by atoms with Crippen LogP contribution in [-0.2, 0) is 13.0 Å². The van der Waals surface area contributed by atoms with Crippen LogP contribution in [0.2, 0.25) is 5.02 Å². The Morgan fingerprint density at radius 1 is 1.20 bits per heavy atom. The fourth-order valence-corrected chi connectivity index (χ4v) is 5.30. The van der Waals surface area contributed by atoms with E-state index in [1.165, 1.54) is 12.0 Å². The third kappa shape index (κ3) is 3.65. The van der Waals surface area contributed by atoms with Gasteiger partial charge in [-0.1, -0.05) is 27.5 Å². The summed E-state index contributed by atoms with van der Waals surface area (Å²) in [7, 11) is 0. The van der Waals surface area contributed by atoms with Gasteiger partial charge in [-0.15, -0.1) is 11.3 Å². The van der Waals surface area contributed by atoms with Crippen molar-refractivity contribution < 1.29 is 4.79 Å². The highest BCUT2D eigenvalue weighted by atomic mass is 79.9. The molecule has 0 N–H and O–H groups in total. The lowest BCUT2D eigenvalue weighted by molar-refractivity contribution is 0.0600. The molecule has 132 valence electrons. The molecule has 1 fully saturated rings. The van der Waals surface area contributed by atoms with Crippen molar-refractivity contribution in [1.29, 1.82) is 0 Å². The Morgan fingerprint density at radius 2 is 2.00 bits per heavy atom. The molecule has 3 nitrogen and oxygen atoms in total. The number of hydrogen-bond acceptors (Lipinski definition) is 3. The quantitative estimate of drug-likeness (QED) is 0.669. The number of nitrogens with zero attached hydrogens (tertiary/aromatic N) is 2. The monoisotopic (exact) mass is 438 g/mol. The Balaban J connectivity index is 1.38. The first-order chi connectivity index (χ1) is 12.1. The number of rotatable bonds is 2. The van der Waals surface area contributed by atoms with Crippen LogP contribution < -0.4 is 0 Å². The molecule has 2 aliphatic heterocycles. The molecule has 2 aliphatic rings. The number of thiophene rings is 1. The molecule has 0 aliphatic carbocycles. The van der Waals surface area contributed by atoms with Crippen LogP contribution in [0.1, 0.15) is 33.6 Å². The maximum atomic E-state index is 12.8. The molecule has 1 amide bonds. The van der Waals surface area contributed by atoms with Gasteiger partial charge in [0.25, 0.3) is 5.91 Å². The van der Waals surface area contributed by atoms with E-state index in [0.29, 0.717) is 16.6 Å². The molecule has 0 atom stereocenters. The minimum absolute atomic E-state index is 0.0449. The zero-order chi connectivity index (χ0) is 17.4. The second kappa shape index (κ2) is 7.39. The smallest absolute Gasteiger partial charge is 0.255 e. The Hall–Kier alpha value is -0.880. The summed E-state index contributed by atoms with van der Waals surface area (Å²) in [5.41, 5.74) is 2.09. The van der Waals surface area contributed by atoms with Gasteiger partial charge in [0.05, 0.1) is 10.6 Å². The normalized spacial score (nSPS) is 19.0. The molecule has 1 aromatic carbocycles. The molecule has 3 heterocycles. The van der Waals surface area contributed by atoms with E-state index in [0.717, 1.165) is 43.5 Å². The molecule has 0 spiro atoms. The van der Waals surface area contributed by atoms with Crippen molar-refractivity contribution in [2.24, 2.45) is 0 Å². The lowest BCUT2D eigenvalue weighted by Gasteiger charge is -2.40. The third-order valence-electron chi connectivity index (χ3n) is 5.26. The molecule has 0 bridgehead atoms. The number of piperidine rings is 1. The first-order valence-corrected chi connectivity index (χ1v) is 10.7. The van der Waals surface area contributed by atoms with E-state index in [-0.39, 0.29) is 5.91 Å². The predicted octanol–water partition coefficient (Wildman–Crippen LogP) is 4.83. The van der Waals surface area contributed by atoms with E-state index in [9.17, 15) is 4.79 Å². The van der Waals surface area contributed by atoms with Crippen molar-refractivity contribution in [2.75, 3.05) is 19.6 Å². The fourth-order valence-electron chi connectivity index (χ4n) is 3.85. The van der Waals surface area contributed by atoms with Gasteiger partial charge < -0.3 is 4.90 Å². The van der Waals surface area contributed by atoms with E-state index in [1.54, 1.807) is 10.9 Å². The third-order valence-corrected chi connectivity index (χ3v) is 7.11. The van der Waals surface area contributed by atoms with Crippen molar-refractivity contribution in [3.05, 3.63) is 55.1 Å². The zero-order valence-electron chi connectivity index (χ0n) is 13.9. The molecule has 2 aromatic rings. The number of halogens is 2. The molecule has 6 heteroatoms. The summed E-state index contributed by atoms with van der Waals surface area (Å²) in [5.74, 6) is 0.0449. The Bertz CT molecular complexity index is 785. The summed E-state index contributed by atoms with van der Waals surface area (Å²) in [4.78, 5) is 18.9. The minimum Gasteiger partial charge on any atom is -0.338 e. The summed E-state index contributed by atoms with van der Waals surface area (Å²) in [6.07, 6.45) is 3.24. The van der Waals surface area contributed by atoms with Gasteiger partial charge >= 0.3 is 0 Å². The number of benzene rings is 1. The molecule has 25 heavy (non-hydrogen) atoms. The predicted molar refractivity (Wildman–Crippen MR) is 107 cm³/mol. The molecule has 0 saturated carbocycles. The van der Waals surface area contributed by atoms with Crippen LogP contribution >= 0.6 is 38.9 Å². The minimum atomic E-state index is 0.0449. The van der Waals surface area contributed by atoms with Gasteiger partial charge in [-0.05, 0) is 54.5 Å². The second-order valence-corrected chi connectivity index (χ2v) is 9.06. The van der Waals surface area contributed by atoms with Gasteiger partial charge in [-0.2, -0.15) is 0 Å². The zero-order valence-corrected chi connectivity index (χ0v) is 17.0. The maximum Gasteiger partial charge on any atom is 0.255 e. The van der Waals surface area contributed by atoms with Crippen molar-refractivity contribution in [3.63, 3.8) is 0 Å². The first-order valence-electron chi connectivity index (χ1n) is 8.65. The van der Waals surface area contributed by atoms with E-state index in [2.05, 4.69) is 32.3 Å². The van der Waals surface area contributed by atoms with Crippen LogP contribution in [0.5, 0.6) is 0 Å². The molecular formula is C19H20BrClN2OS. The molecule has 0 unspecified atom stereocenters. The second-order valence-electron chi connectivity index (χ2n) is 6.74. The van der Waals surface area contributed by atoms with Crippen LogP contribution in [-0.4, -0.2) is 41.4 Å². The van der Waals surface area contributed by atoms with Gasteiger partial charge in [-0.25, -0.2) is 0 Å². The van der Waals surface area contributed by atoms with E-state index in [1.807, 2.05) is 28.4 Å². The number of carbonyl (C=O) groups excluding carboxylic acids is 1. The Morgan fingerprint density at radius 3 is 2.80 bits per heavy atom. The highest BCUT2D eigenvalue weighted by Gasteiger charge is 2.30. The highest BCUT2D eigenvalue weighted by Crippen LogP contribution is 2.29. The average Bonchev–Trinajstić information content (AvgIpc) is 3.11. The SMILES string of the molecule is O=C(c1cc(Br)ccc1Cl)N1CCC(N2CCc3sccc3C2)CC1. The molecular weight excluding hydrogens is 420 g/mol. The van der Waals surface area contributed by atoms with Crippen molar-refractivity contribution in [1.82, 2.24) is 9.80 Å². The van der Waals surface area contributed by atoms with Crippen LogP contribution in [0.3, 0.4) is 0 Å². The Labute approximate surface area is 165 Å². The molecule has 1 aromatic heterocycles. The van der Waals surface area contributed by atoms with Gasteiger partial charge in [0.1, 0.15) is 0 Å². The van der Waals surface area contributed by atoms with Crippen LogP contribution in [0.4, 0.5) is 0 Å². The van der Waals surface area contributed by atoms with Gasteiger partial charge in [-0.3, -0.25) is 9.69 Å². The first kappa shape index (κ1) is 17.5. The van der Waals surface area contributed by atoms with Gasteiger partial charge in [0.15, 0.2) is 0 Å². The summed E-state index contributed by atoms with van der Waals surface area (Å²) in [6, 6.07) is 8.30. The average molecular weight is 440 g/mol. The largest absolute Gasteiger partial charge is 0.338 e. The molecule has 1 saturated heterocycles. The number of hydrogen-bond donors (Lipinski definition) is 0. The summed E-state index contributed by atoms with van der Waals surface area (Å²) >= 11 is 11.5. The van der Waals surface area contributed by atoms with Crippen LogP contribution in [0.25, 0.3) is 0 Å². The number of fused-ring (bicyclic) bond motifs is 1. The van der Waals surface area contributed by atoms with Crippen LogP contribution in [0.15, 0.2) is 34.1 Å². The van der Waals surface area contributed by atoms with Crippen molar-refractivity contribution in [2.45, 2.75) is 31.8 Å². The van der Waals surface area contributed by atoms with Crippen LogP contribution in [0, 0.1) is 0 Å². The number of carbonyl (C=O) groups is 1. The lowest BCUT2D eigenvalue weighted by atomic mass is 9.99. The number of likely N-dealkylation sites (tertiary alicyclic amines) is 1. The van der Waals surface area contributed by atoms with E-state index in [4.69, 9.17) is 11.6 Å². The van der Waals surface area contributed by atoms with Gasteiger partial charge in [0, 0.05) is 41.6 Å². The van der Waals surface area contributed by atoms with Crippen molar-refractivity contribution >= 4 is 44.8 Å². The van der Waals surface area contributed by atoms with Crippen molar-refractivity contribution in [3.8, 4) is 0 Å². The molecule has 4 rings (SSSR count). The summed E-state index contributed by atoms with van der Waals surface area (Å²) < 4.78 is 0.884. The standard InChI is InChI=1S/C19H20BrClN2OS/c20-14-1-2-17(21)16(11-14)19(24)22-7-3-15(4-8-22)23-9-5-18-13(12-23)6-10-25-18/h1-2,6,10-11,15H,3-5,7-9,12H2. The van der Waals surface area contributed by atoms with Gasteiger partial charge in [0.2, 0.25) is 0 Å². The number of amides is 1. The maximum absolute atomic E-state index is 12.8. The Kier molecular flexibility index (Phi) is 5.18. The molecule has 0 radical (unpaired) electrons. The lowest BCUT2D eigenvalue weighted by Crippen LogP contribution is -2.48. The summed E-state index contributed by atoms with van der Waals surface area (Å²) in [5, 5.41) is 2.73. The van der Waals surface area contributed by atoms with E-state index >= 15 is 0 Å². The topological polar surface area (TPSA) is 23.6 Å². The highest BCUT2D eigenvalue weighted by molar-refractivity contribution is 9.10.